The van der Waals surface area contributed by atoms with Gasteiger partial charge in [0.15, 0.2) is 12.4 Å². The fraction of sp³-hybridized carbons (Fsp3) is 0. The van der Waals surface area contributed by atoms with E-state index in [0.29, 0.717) is 0 Å². The van der Waals surface area contributed by atoms with Crippen LogP contribution in [-0.2, 0) is 0 Å². The first-order valence-electron chi connectivity index (χ1n) is 2.12. The van der Waals surface area contributed by atoms with Gasteiger partial charge in [-0.15, -0.1) is 3.59 Å². The van der Waals surface area contributed by atoms with Crippen LogP contribution in [-0.4, -0.2) is 0 Å². The van der Waals surface area contributed by atoms with Crippen molar-refractivity contribution in [2.75, 3.05) is 0 Å². The number of halogens is 2. The number of aromatic nitrogens is 1. The largest absolute Gasteiger partial charge is 0.331 e. The van der Waals surface area contributed by atoms with Crippen LogP contribution in [0.2, 0.25) is 0 Å². The average Bonchev–Trinajstić information content (AvgIpc) is 1.77. The molecular weight excluding hydrogens is 234 g/mol. The Morgan fingerprint density at radius 1 is 1.25 bits per heavy atom. The molecule has 0 N–H and O–H groups in total. The third kappa shape index (κ3) is 1.56. The maximum absolute atomic E-state index is 3.31. The van der Waals surface area contributed by atoms with Gasteiger partial charge in [-0.1, -0.05) is 15.9 Å². The van der Waals surface area contributed by atoms with Crippen LogP contribution < -0.4 is 3.59 Å². The van der Waals surface area contributed by atoms with Crippen molar-refractivity contribution in [3.63, 3.8) is 0 Å². The van der Waals surface area contributed by atoms with Crippen LogP contribution in [0.4, 0.5) is 0 Å². The molecular formula is C5H4Br2N+. The van der Waals surface area contributed by atoms with E-state index in [1.807, 2.05) is 24.5 Å². The van der Waals surface area contributed by atoms with E-state index >= 15 is 0 Å². The lowest BCUT2D eigenvalue weighted by Crippen LogP contribution is -2.15. The second-order valence-electron chi connectivity index (χ2n) is 1.36. The molecule has 0 spiro atoms. The lowest BCUT2D eigenvalue weighted by molar-refractivity contribution is -0.473. The van der Waals surface area contributed by atoms with Gasteiger partial charge in [0, 0.05) is 16.6 Å². The van der Waals surface area contributed by atoms with E-state index in [2.05, 4.69) is 32.1 Å². The Kier molecular flexibility index (Phi) is 2.02. The molecule has 8 heavy (non-hydrogen) atoms. The van der Waals surface area contributed by atoms with Gasteiger partial charge in [0.1, 0.15) is 0 Å². The van der Waals surface area contributed by atoms with Crippen molar-refractivity contribution >= 4 is 32.1 Å². The molecule has 42 valence electrons. The molecule has 1 heterocycles. The highest BCUT2D eigenvalue weighted by Gasteiger charge is 1.90. The lowest BCUT2D eigenvalue weighted by Gasteiger charge is -1.80. The van der Waals surface area contributed by atoms with Crippen molar-refractivity contribution in [3.8, 4) is 0 Å². The SMILES string of the molecule is Brc1cc[n+](Br)cc1. The van der Waals surface area contributed by atoms with Crippen LogP contribution in [0.15, 0.2) is 29.0 Å². The normalized spacial score (nSPS) is 9.25. The standard InChI is InChI=1S/C5H4Br2N/c6-5-1-3-8(7)4-2-5/h1-4H/q+1. The maximum Gasteiger partial charge on any atom is 0.331 e. The Morgan fingerprint density at radius 2 is 1.75 bits per heavy atom. The molecule has 0 aliphatic carbocycles. The highest BCUT2D eigenvalue weighted by Crippen LogP contribution is 2.03. The van der Waals surface area contributed by atoms with E-state index in [-0.39, 0.29) is 0 Å². The fourth-order valence-corrected chi connectivity index (χ4v) is 0.863. The first kappa shape index (κ1) is 6.23. The summed E-state index contributed by atoms with van der Waals surface area (Å²) in [6, 6.07) is 3.91. The van der Waals surface area contributed by atoms with E-state index in [9.17, 15) is 0 Å². The molecule has 3 heteroatoms. The summed E-state index contributed by atoms with van der Waals surface area (Å²) in [7, 11) is 0. The lowest BCUT2D eigenvalue weighted by atomic mass is 10.5. The summed E-state index contributed by atoms with van der Waals surface area (Å²) < 4.78 is 2.89. The van der Waals surface area contributed by atoms with Gasteiger partial charge in [-0.25, -0.2) is 0 Å². The third-order valence-electron chi connectivity index (χ3n) is 0.752. The molecule has 0 aliphatic heterocycles. The molecule has 1 aromatic rings. The minimum Gasteiger partial charge on any atom is -0.130 e. The Labute approximate surface area is 64.8 Å². The van der Waals surface area contributed by atoms with Gasteiger partial charge in [-0.05, 0) is 0 Å². The summed E-state index contributed by atoms with van der Waals surface area (Å²) in [5.74, 6) is 0. The number of nitrogens with zero attached hydrogens (tertiary/aromatic N) is 1. The van der Waals surface area contributed by atoms with Gasteiger partial charge in [0.2, 0.25) is 0 Å². The quantitative estimate of drug-likeness (QED) is 0.649. The Balaban J connectivity index is 3.03. The zero-order valence-electron chi connectivity index (χ0n) is 4.01. The van der Waals surface area contributed by atoms with Crippen LogP contribution in [0.5, 0.6) is 0 Å². The number of rotatable bonds is 0. The predicted octanol–water partition coefficient (Wildman–Crippen LogP) is 1.89. The first-order chi connectivity index (χ1) is 3.79. The van der Waals surface area contributed by atoms with Crippen LogP contribution in [0, 0.1) is 0 Å². The minimum absolute atomic E-state index is 1.09. The molecule has 1 aromatic heterocycles. The van der Waals surface area contributed by atoms with Crippen LogP contribution >= 0.6 is 32.1 Å². The van der Waals surface area contributed by atoms with Crippen LogP contribution in [0.25, 0.3) is 0 Å². The molecule has 0 fully saturated rings. The molecule has 0 bridgehead atoms. The summed E-state index contributed by atoms with van der Waals surface area (Å²) in [5, 5.41) is 0. The summed E-state index contributed by atoms with van der Waals surface area (Å²) >= 11 is 6.55. The van der Waals surface area contributed by atoms with Crippen molar-refractivity contribution in [3.05, 3.63) is 29.0 Å². The predicted molar refractivity (Wildman–Crippen MR) is 38.7 cm³/mol. The zero-order chi connectivity index (χ0) is 5.98. The molecule has 0 aliphatic rings. The second-order valence-corrected chi connectivity index (χ2v) is 3.10. The summed E-state index contributed by atoms with van der Waals surface area (Å²) in [6.07, 6.45) is 3.81. The fourth-order valence-electron chi connectivity index (χ4n) is 0.390. The van der Waals surface area contributed by atoms with Gasteiger partial charge in [0.05, 0.1) is 0 Å². The molecule has 0 radical (unpaired) electrons. The van der Waals surface area contributed by atoms with E-state index in [1.54, 1.807) is 3.59 Å². The van der Waals surface area contributed by atoms with Gasteiger partial charge in [-0.2, -0.15) is 0 Å². The molecule has 0 aromatic carbocycles. The van der Waals surface area contributed by atoms with Crippen LogP contribution in [0.1, 0.15) is 0 Å². The van der Waals surface area contributed by atoms with Crippen molar-refractivity contribution in [2.45, 2.75) is 0 Å². The van der Waals surface area contributed by atoms with Gasteiger partial charge >= 0.3 is 16.1 Å². The van der Waals surface area contributed by atoms with E-state index < -0.39 is 0 Å². The molecule has 0 atom stereocenters. The first-order valence-corrected chi connectivity index (χ1v) is 3.62. The van der Waals surface area contributed by atoms with Crippen molar-refractivity contribution in [2.24, 2.45) is 0 Å². The molecule has 0 saturated carbocycles. The van der Waals surface area contributed by atoms with E-state index in [1.165, 1.54) is 0 Å². The average molecular weight is 238 g/mol. The zero-order valence-corrected chi connectivity index (χ0v) is 7.18. The van der Waals surface area contributed by atoms with Crippen molar-refractivity contribution < 1.29 is 3.59 Å². The minimum atomic E-state index is 1.09. The topological polar surface area (TPSA) is 3.88 Å². The monoisotopic (exact) mass is 236 g/mol. The third-order valence-corrected chi connectivity index (χ3v) is 1.75. The second kappa shape index (κ2) is 2.60. The summed E-state index contributed by atoms with van der Waals surface area (Å²) in [5.41, 5.74) is 0. The maximum atomic E-state index is 3.31. The van der Waals surface area contributed by atoms with Gasteiger partial charge in [0.25, 0.3) is 0 Å². The van der Waals surface area contributed by atoms with Gasteiger partial charge in [-0.3, -0.25) is 0 Å². The van der Waals surface area contributed by atoms with Gasteiger partial charge < -0.3 is 0 Å². The molecule has 0 unspecified atom stereocenters. The van der Waals surface area contributed by atoms with Crippen molar-refractivity contribution in [1.82, 2.24) is 0 Å². The van der Waals surface area contributed by atoms with Crippen molar-refractivity contribution in [1.29, 1.82) is 0 Å². The Morgan fingerprint density at radius 3 is 2.12 bits per heavy atom. The van der Waals surface area contributed by atoms with Crippen LogP contribution in [0.3, 0.4) is 0 Å². The highest BCUT2D eigenvalue weighted by atomic mass is 79.9. The number of pyridine rings is 1. The summed E-state index contributed by atoms with van der Waals surface area (Å²) in [4.78, 5) is 0. The number of hydrogen-bond donors (Lipinski definition) is 0. The Hall–Kier alpha value is 0.110. The van der Waals surface area contributed by atoms with E-state index in [0.717, 1.165) is 4.47 Å². The molecule has 0 saturated heterocycles. The molecule has 0 amide bonds. The molecule has 1 rings (SSSR count). The summed E-state index contributed by atoms with van der Waals surface area (Å²) in [6.45, 7) is 0. The number of hydrogen-bond acceptors (Lipinski definition) is 0. The smallest absolute Gasteiger partial charge is 0.130 e. The highest BCUT2D eigenvalue weighted by molar-refractivity contribution is 9.10. The molecule has 1 nitrogen and oxygen atoms in total. The Bertz CT molecular complexity index is 149. The van der Waals surface area contributed by atoms with E-state index in [4.69, 9.17) is 0 Å².